The molecular formula is C15H25N3. The molecule has 3 nitrogen and oxygen atoms in total. The van der Waals surface area contributed by atoms with Gasteiger partial charge in [0.25, 0.3) is 0 Å². The maximum atomic E-state index is 4.66. The van der Waals surface area contributed by atoms with Crippen LogP contribution >= 0.6 is 0 Å². The van der Waals surface area contributed by atoms with Crippen molar-refractivity contribution in [1.29, 1.82) is 0 Å². The van der Waals surface area contributed by atoms with Gasteiger partial charge in [0, 0.05) is 18.3 Å². The highest BCUT2D eigenvalue weighted by Gasteiger charge is 2.28. The first-order valence-electron chi connectivity index (χ1n) is 7.56. The molecule has 2 aliphatic carbocycles. The number of imidazole rings is 1. The normalized spacial score (nSPS) is 23.0. The van der Waals surface area contributed by atoms with Gasteiger partial charge in [0.1, 0.15) is 0 Å². The summed E-state index contributed by atoms with van der Waals surface area (Å²) in [6.45, 7) is 4.42. The molecule has 2 fully saturated rings. The second-order valence-electron chi connectivity index (χ2n) is 6.18. The molecule has 1 aromatic rings. The van der Waals surface area contributed by atoms with Crippen molar-refractivity contribution >= 4 is 5.95 Å². The van der Waals surface area contributed by atoms with Gasteiger partial charge in [-0.15, -0.1) is 0 Å². The van der Waals surface area contributed by atoms with Gasteiger partial charge in [0.15, 0.2) is 0 Å². The van der Waals surface area contributed by atoms with Crippen LogP contribution in [0.2, 0.25) is 0 Å². The second kappa shape index (κ2) is 4.94. The van der Waals surface area contributed by atoms with E-state index in [1.165, 1.54) is 44.9 Å². The van der Waals surface area contributed by atoms with Crippen molar-refractivity contribution in [3.05, 3.63) is 11.9 Å². The molecule has 2 aliphatic rings. The molecule has 3 rings (SSSR count). The standard InChI is InChI=1S/C15H25N3/c1-11-10-18(14-8-9-14)15(16-11)17-12(2)13-6-4-3-5-7-13/h10,12-14H,3-9H2,1-2H3,(H,16,17). The van der Waals surface area contributed by atoms with Gasteiger partial charge < -0.3 is 9.88 Å². The zero-order valence-electron chi connectivity index (χ0n) is 11.7. The predicted molar refractivity (Wildman–Crippen MR) is 74.9 cm³/mol. The van der Waals surface area contributed by atoms with Crippen LogP contribution in [0.1, 0.15) is 63.6 Å². The summed E-state index contributed by atoms with van der Waals surface area (Å²) >= 11 is 0. The van der Waals surface area contributed by atoms with E-state index in [-0.39, 0.29) is 0 Å². The lowest BCUT2D eigenvalue weighted by Crippen LogP contribution is -2.29. The Morgan fingerprint density at radius 3 is 2.61 bits per heavy atom. The maximum absolute atomic E-state index is 4.66. The molecule has 18 heavy (non-hydrogen) atoms. The van der Waals surface area contributed by atoms with Gasteiger partial charge in [0.2, 0.25) is 5.95 Å². The second-order valence-corrected chi connectivity index (χ2v) is 6.18. The van der Waals surface area contributed by atoms with E-state index in [0.29, 0.717) is 12.1 Å². The first-order chi connectivity index (χ1) is 8.74. The van der Waals surface area contributed by atoms with Crippen molar-refractivity contribution in [2.24, 2.45) is 5.92 Å². The average molecular weight is 247 g/mol. The maximum Gasteiger partial charge on any atom is 0.203 e. The van der Waals surface area contributed by atoms with Gasteiger partial charge in [-0.1, -0.05) is 19.3 Å². The van der Waals surface area contributed by atoms with Crippen LogP contribution in [0.5, 0.6) is 0 Å². The lowest BCUT2D eigenvalue weighted by molar-refractivity contribution is 0.327. The molecule has 1 unspecified atom stereocenters. The molecule has 3 heteroatoms. The van der Waals surface area contributed by atoms with Gasteiger partial charge in [-0.05, 0) is 45.4 Å². The van der Waals surface area contributed by atoms with Crippen LogP contribution in [0.15, 0.2) is 6.20 Å². The Morgan fingerprint density at radius 2 is 1.94 bits per heavy atom. The van der Waals surface area contributed by atoms with Gasteiger partial charge >= 0.3 is 0 Å². The van der Waals surface area contributed by atoms with E-state index in [0.717, 1.165) is 17.6 Å². The molecule has 0 bridgehead atoms. The molecule has 1 heterocycles. The minimum Gasteiger partial charge on any atom is -0.353 e. The van der Waals surface area contributed by atoms with Crippen LogP contribution in [-0.4, -0.2) is 15.6 Å². The third kappa shape index (κ3) is 2.55. The van der Waals surface area contributed by atoms with Crippen molar-refractivity contribution in [2.75, 3.05) is 5.32 Å². The molecule has 1 N–H and O–H groups in total. The Morgan fingerprint density at radius 1 is 1.22 bits per heavy atom. The van der Waals surface area contributed by atoms with Gasteiger partial charge in [-0.3, -0.25) is 0 Å². The molecule has 0 saturated heterocycles. The fourth-order valence-corrected chi connectivity index (χ4v) is 3.21. The number of hydrogen-bond donors (Lipinski definition) is 1. The van der Waals surface area contributed by atoms with Gasteiger partial charge in [-0.2, -0.15) is 0 Å². The lowest BCUT2D eigenvalue weighted by Gasteiger charge is -2.28. The Labute approximate surface area is 110 Å². The number of aromatic nitrogens is 2. The van der Waals surface area contributed by atoms with Crippen LogP contribution in [0, 0.1) is 12.8 Å². The molecule has 2 saturated carbocycles. The summed E-state index contributed by atoms with van der Waals surface area (Å²) in [7, 11) is 0. The Bertz CT molecular complexity index is 400. The van der Waals surface area contributed by atoms with Gasteiger partial charge in [-0.25, -0.2) is 4.98 Å². The third-order valence-electron chi connectivity index (χ3n) is 4.51. The number of hydrogen-bond acceptors (Lipinski definition) is 2. The summed E-state index contributed by atoms with van der Waals surface area (Å²) in [4.78, 5) is 4.66. The Kier molecular flexibility index (Phi) is 3.31. The topological polar surface area (TPSA) is 29.9 Å². The zero-order chi connectivity index (χ0) is 12.5. The lowest BCUT2D eigenvalue weighted by atomic mass is 9.85. The van der Waals surface area contributed by atoms with Crippen molar-refractivity contribution in [3.8, 4) is 0 Å². The SMILES string of the molecule is Cc1cn(C2CC2)c(NC(C)C2CCCCC2)n1. The van der Waals surface area contributed by atoms with E-state index in [1.54, 1.807) is 0 Å². The third-order valence-corrected chi connectivity index (χ3v) is 4.51. The monoisotopic (exact) mass is 247 g/mol. The highest BCUT2D eigenvalue weighted by atomic mass is 15.2. The first kappa shape index (κ1) is 12.1. The predicted octanol–water partition coefficient (Wildman–Crippen LogP) is 3.91. The largest absolute Gasteiger partial charge is 0.353 e. The quantitative estimate of drug-likeness (QED) is 0.874. The van der Waals surface area contributed by atoms with Crippen LogP contribution in [-0.2, 0) is 0 Å². The Balaban J connectivity index is 1.67. The fraction of sp³-hybridized carbons (Fsp3) is 0.800. The van der Waals surface area contributed by atoms with E-state index in [1.807, 2.05) is 0 Å². The molecular weight excluding hydrogens is 222 g/mol. The van der Waals surface area contributed by atoms with Crippen molar-refractivity contribution < 1.29 is 0 Å². The highest BCUT2D eigenvalue weighted by Crippen LogP contribution is 2.38. The van der Waals surface area contributed by atoms with Crippen molar-refractivity contribution in [1.82, 2.24) is 9.55 Å². The van der Waals surface area contributed by atoms with E-state index in [9.17, 15) is 0 Å². The molecule has 1 atom stereocenters. The Hall–Kier alpha value is -0.990. The van der Waals surface area contributed by atoms with E-state index < -0.39 is 0 Å². The molecule has 100 valence electrons. The number of nitrogens with zero attached hydrogens (tertiary/aromatic N) is 2. The smallest absolute Gasteiger partial charge is 0.203 e. The van der Waals surface area contributed by atoms with Gasteiger partial charge in [0.05, 0.1) is 5.69 Å². The number of rotatable bonds is 4. The van der Waals surface area contributed by atoms with E-state index in [4.69, 9.17) is 0 Å². The molecule has 0 spiro atoms. The van der Waals surface area contributed by atoms with Crippen molar-refractivity contribution in [3.63, 3.8) is 0 Å². The zero-order valence-corrected chi connectivity index (χ0v) is 11.7. The molecule has 0 aromatic carbocycles. The average Bonchev–Trinajstić information content (AvgIpc) is 3.15. The molecule has 0 aliphatic heterocycles. The number of anilines is 1. The summed E-state index contributed by atoms with van der Waals surface area (Å²) in [6, 6.07) is 1.27. The summed E-state index contributed by atoms with van der Waals surface area (Å²) in [5, 5.41) is 3.67. The minimum absolute atomic E-state index is 0.560. The molecule has 1 aromatic heterocycles. The minimum atomic E-state index is 0.560. The van der Waals surface area contributed by atoms with Crippen molar-refractivity contribution in [2.45, 2.75) is 70.9 Å². The summed E-state index contributed by atoms with van der Waals surface area (Å²) in [6.07, 6.45) is 11.9. The number of nitrogens with one attached hydrogen (secondary N) is 1. The fourth-order valence-electron chi connectivity index (χ4n) is 3.21. The van der Waals surface area contributed by atoms with E-state index in [2.05, 4.69) is 34.9 Å². The van der Waals surface area contributed by atoms with Crippen LogP contribution < -0.4 is 5.32 Å². The van der Waals surface area contributed by atoms with Crippen LogP contribution in [0.4, 0.5) is 5.95 Å². The van der Waals surface area contributed by atoms with Crippen LogP contribution in [0.3, 0.4) is 0 Å². The highest BCUT2D eigenvalue weighted by molar-refractivity contribution is 5.32. The molecule has 0 amide bonds. The molecule has 0 radical (unpaired) electrons. The first-order valence-corrected chi connectivity index (χ1v) is 7.56. The summed E-state index contributed by atoms with van der Waals surface area (Å²) in [5.74, 6) is 1.94. The number of aryl methyl sites for hydroxylation is 1. The summed E-state index contributed by atoms with van der Waals surface area (Å²) < 4.78 is 2.36. The van der Waals surface area contributed by atoms with Crippen LogP contribution in [0.25, 0.3) is 0 Å². The van der Waals surface area contributed by atoms with E-state index >= 15 is 0 Å². The summed E-state index contributed by atoms with van der Waals surface area (Å²) in [5.41, 5.74) is 1.14.